The maximum absolute atomic E-state index is 8.82. The first-order valence-electron chi connectivity index (χ1n) is 8.80. The van der Waals surface area contributed by atoms with Gasteiger partial charge in [-0.2, -0.15) is 0 Å². The van der Waals surface area contributed by atoms with Crippen LogP contribution in [0.2, 0.25) is 0 Å². The number of benzene rings is 4. The van der Waals surface area contributed by atoms with Gasteiger partial charge in [0.05, 0.1) is 0 Å². The molecule has 0 radical (unpaired) electrons. The van der Waals surface area contributed by atoms with Gasteiger partial charge in [0.1, 0.15) is 0 Å². The van der Waals surface area contributed by atoms with E-state index in [1.807, 2.05) is 97.1 Å². The van der Waals surface area contributed by atoms with Crippen LogP contribution < -0.4 is 0 Å². The molecule has 0 aliphatic heterocycles. The molecule has 0 aliphatic carbocycles. The Morgan fingerprint density at radius 2 is 1.30 bits per heavy atom. The van der Waals surface area contributed by atoms with E-state index >= 15 is 0 Å². The van der Waals surface area contributed by atoms with Gasteiger partial charge in [0, 0.05) is 2.74 Å². The van der Waals surface area contributed by atoms with Crippen LogP contribution in [0.15, 0.2) is 97.1 Å². The van der Waals surface area contributed by atoms with Crippen molar-refractivity contribution in [1.82, 2.24) is 0 Å². The monoisotopic (exact) mass is 296 g/mol. The number of rotatable bonds is 3. The second kappa shape index (κ2) is 6.10. The first kappa shape index (κ1) is 11.7. The van der Waals surface area contributed by atoms with E-state index in [1.54, 1.807) is 0 Å². The van der Waals surface area contributed by atoms with Gasteiger partial charge in [-0.3, -0.25) is 0 Å². The molecule has 0 aromatic heterocycles. The van der Waals surface area contributed by atoms with E-state index in [4.69, 9.17) is 2.74 Å². The molecule has 4 aromatic rings. The highest BCUT2D eigenvalue weighted by atomic mass is 14.1. The van der Waals surface area contributed by atoms with Crippen molar-refractivity contribution in [1.29, 1.82) is 0 Å². The fraction of sp³-hybridized carbons (Fsp3) is 0.0435. The molecular formula is C23H18. The molecule has 0 amide bonds. The molecular weight excluding hydrogens is 276 g/mol. The van der Waals surface area contributed by atoms with Gasteiger partial charge in [-0.15, -0.1) is 0 Å². The van der Waals surface area contributed by atoms with Crippen molar-refractivity contribution in [2.24, 2.45) is 0 Å². The van der Waals surface area contributed by atoms with Crippen LogP contribution in [0.5, 0.6) is 0 Å². The summed E-state index contributed by atoms with van der Waals surface area (Å²) in [7, 11) is 0. The third-order valence-electron chi connectivity index (χ3n) is 4.04. The van der Waals surface area contributed by atoms with E-state index in [9.17, 15) is 0 Å². The summed E-state index contributed by atoms with van der Waals surface area (Å²) in [6.07, 6.45) is -1.56. The van der Waals surface area contributed by atoms with E-state index in [-0.39, 0.29) is 0 Å². The standard InChI is InChI=1S/C23H18/c1-2-9-19(10-3-1)21-13-6-8-18(16-21)17-22-14-7-12-20-11-4-5-15-23(20)22/h1-16H,17H2/i17D2. The summed E-state index contributed by atoms with van der Waals surface area (Å²) < 4.78 is 17.6. The molecule has 0 unspecified atom stereocenters. The zero-order chi connectivity index (χ0) is 17.3. The van der Waals surface area contributed by atoms with Crippen LogP contribution >= 0.6 is 0 Å². The predicted octanol–water partition coefficient (Wildman–Crippen LogP) is 6.10. The van der Waals surface area contributed by atoms with Gasteiger partial charge in [0.25, 0.3) is 0 Å². The first-order valence-corrected chi connectivity index (χ1v) is 7.80. The van der Waals surface area contributed by atoms with Crippen molar-refractivity contribution >= 4 is 10.8 Å². The van der Waals surface area contributed by atoms with E-state index in [0.717, 1.165) is 21.9 Å². The van der Waals surface area contributed by atoms with Crippen LogP contribution in [0.3, 0.4) is 0 Å². The van der Waals surface area contributed by atoms with Crippen LogP contribution in [0.1, 0.15) is 13.9 Å². The van der Waals surface area contributed by atoms with E-state index < -0.39 is 6.37 Å². The Kier molecular flexibility index (Phi) is 3.09. The number of hydrogen-bond donors (Lipinski definition) is 0. The van der Waals surface area contributed by atoms with Gasteiger partial charge in [-0.1, -0.05) is 97.1 Å². The highest BCUT2D eigenvalue weighted by Crippen LogP contribution is 2.24. The third-order valence-corrected chi connectivity index (χ3v) is 4.04. The Balaban J connectivity index is 1.85. The lowest BCUT2D eigenvalue weighted by Gasteiger charge is -2.09. The molecule has 0 heteroatoms. The summed E-state index contributed by atoms with van der Waals surface area (Å²) in [5.74, 6) is 0. The van der Waals surface area contributed by atoms with Crippen molar-refractivity contribution in [2.75, 3.05) is 0 Å². The van der Waals surface area contributed by atoms with E-state index in [1.165, 1.54) is 0 Å². The summed E-state index contributed by atoms with van der Waals surface area (Å²) in [5.41, 5.74) is 3.50. The maximum atomic E-state index is 8.82. The van der Waals surface area contributed by atoms with Gasteiger partial charge in [0.15, 0.2) is 0 Å². The molecule has 0 saturated carbocycles. The molecule has 4 aromatic carbocycles. The smallest absolute Gasteiger partial charge is 0.0366 e. The van der Waals surface area contributed by atoms with Crippen LogP contribution in [0, 0.1) is 0 Å². The van der Waals surface area contributed by atoms with Crippen molar-refractivity contribution < 1.29 is 2.74 Å². The quantitative estimate of drug-likeness (QED) is 0.428. The number of fused-ring (bicyclic) bond motifs is 1. The topological polar surface area (TPSA) is 0 Å². The van der Waals surface area contributed by atoms with Crippen molar-refractivity contribution in [3.05, 3.63) is 108 Å². The van der Waals surface area contributed by atoms with E-state index in [0.29, 0.717) is 11.1 Å². The predicted molar refractivity (Wildman–Crippen MR) is 98.6 cm³/mol. The fourth-order valence-corrected chi connectivity index (χ4v) is 2.90. The summed E-state index contributed by atoms with van der Waals surface area (Å²) in [5, 5.41) is 2.02. The highest BCUT2D eigenvalue weighted by molar-refractivity contribution is 5.86. The fourth-order valence-electron chi connectivity index (χ4n) is 2.90. The highest BCUT2D eigenvalue weighted by Gasteiger charge is 2.03. The Morgan fingerprint density at radius 1 is 0.609 bits per heavy atom. The van der Waals surface area contributed by atoms with Crippen LogP contribution in [0.25, 0.3) is 21.9 Å². The van der Waals surface area contributed by atoms with Gasteiger partial charge in [-0.25, -0.2) is 0 Å². The van der Waals surface area contributed by atoms with E-state index in [2.05, 4.69) is 0 Å². The Labute approximate surface area is 139 Å². The molecule has 110 valence electrons. The largest absolute Gasteiger partial charge is 0.0622 e. The second-order valence-corrected chi connectivity index (χ2v) is 5.60. The normalized spacial score (nSPS) is 12.7. The molecule has 0 atom stereocenters. The Morgan fingerprint density at radius 3 is 2.22 bits per heavy atom. The van der Waals surface area contributed by atoms with Crippen LogP contribution in [-0.2, 0) is 6.37 Å². The SMILES string of the molecule is [2H]C([2H])(c1cccc(-c2ccccc2)c1)c1cccc2ccccc12. The zero-order valence-electron chi connectivity index (χ0n) is 14.7. The lowest BCUT2D eigenvalue weighted by atomic mass is 9.96. The third kappa shape index (κ3) is 2.89. The minimum Gasteiger partial charge on any atom is -0.0622 e. The minimum atomic E-state index is -1.56. The first-order chi connectivity index (χ1) is 12.2. The summed E-state index contributed by atoms with van der Waals surface area (Å²) >= 11 is 0. The Bertz CT molecular complexity index is 1010. The molecule has 0 heterocycles. The number of hydrogen-bond acceptors (Lipinski definition) is 0. The van der Waals surface area contributed by atoms with Crippen LogP contribution in [-0.4, -0.2) is 0 Å². The molecule has 0 N–H and O–H groups in total. The molecule has 0 aliphatic rings. The molecule has 0 spiro atoms. The summed E-state index contributed by atoms with van der Waals surface area (Å²) in [6.45, 7) is 0. The van der Waals surface area contributed by atoms with Gasteiger partial charge in [0.2, 0.25) is 0 Å². The zero-order valence-corrected chi connectivity index (χ0v) is 12.7. The van der Waals surface area contributed by atoms with Crippen LogP contribution in [0.4, 0.5) is 0 Å². The molecule has 0 saturated heterocycles. The van der Waals surface area contributed by atoms with Crippen molar-refractivity contribution in [2.45, 2.75) is 6.37 Å². The molecule has 23 heavy (non-hydrogen) atoms. The Hall–Kier alpha value is -2.86. The summed E-state index contributed by atoms with van der Waals surface area (Å²) in [6, 6.07) is 31.7. The molecule has 4 rings (SSSR count). The van der Waals surface area contributed by atoms with Crippen molar-refractivity contribution in [3.8, 4) is 11.1 Å². The molecule has 0 bridgehead atoms. The average Bonchev–Trinajstić information content (AvgIpc) is 2.68. The van der Waals surface area contributed by atoms with Gasteiger partial charge >= 0.3 is 0 Å². The van der Waals surface area contributed by atoms with Gasteiger partial charge in [-0.05, 0) is 39.4 Å². The second-order valence-electron chi connectivity index (χ2n) is 5.60. The molecule has 0 nitrogen and oxygen atoms in total. The lowest BCUT2D eigenvalue weighted by molar-refractivity contribution is 1.21. The van der Waals surface area contributed by atoms with Crippen molar-refractivity contribution in [3.63, 3.8) is 0 Å². The minimum absolute atomic E-state index is 0.671. The average molecular weight is 296 g/mol. The summed E-state index contributed by atoms with van der Waals surface area (Å²) in [4.78, 5) is 0. The lowest BCUT2D eigenvalue weighted by Crippen LogP contribution is -1.90. The molecule has 0 fully saturated rings. The maximum Gasteiger partial charge on any atom is 0.0366 e. The van der Waals surface area contributed by atoms with Gasteiger partial charge < -0.3 is 0 Å².